The van der Waals surface area contributed by atoms with Gasteiger partial charge in [-0.2, -0.15) is 0 Å². The van der Waals surface area contributed by atoms with Crippen LogP contribution in [0.1, 0.15) is 58.8 Å². The third-order valence-electron chi connectivity index (χ3n) is 3.65. The number of carboxylic acid groups (broad SMARTS) is 1. The van der Waals surface area contributed by atoms with E-state index in [2.05, 4.69) is 10.6 Å². The van der Waals surface area contributed by atoms with Crippen molar-refractivity contribution in [3.8, 4) is 0 Å². The normalized spacial score (nSPS) is 18.9. The molecule has 0 unspecified atom stereocenters. The van der Waals surface area contributed by atoms with Gasteiger partial charge in [-0.25, -0.2) is 4.79 Å². The second kappa shape index (κ2) is 7.48. The number of hydrogen-bond acceptors (Lipinski definition) is 3. The molecule has 1 amide bonds. The standard InChI is InChI=1S/C14H26N2O3/c1-11(2)15-10-7-12(17)16-14(13(18)19)8-5-3-4-6-9-14/h11,15H,3-10H2,1-2H3,(H,16,17)(H,18,19). The smallest absolute Gasteiger partial charge is 0.329 e. The molecule has 1 rings (SSSR count). The van der Waals surface area contributed by atoms with Crippen LogP contribution in [0.3, 0.4) is 0 Å². The van der Waals surface area contributed by atoms with Crippen molar-refractivity contribution in [2.75, 3.05) is 6.54 Å². The Morgan fingerprint density at radius 2 is 1.74 bits per heavy atom. The Bertz CT molecular complexity index is 308. The molecule has 110 valence electrons. The van der Waals surface area contributed by atoms with E-state index in [1.807, 2.05) is 13.8 Å². The summed E-state index contributed by atoms with van der Waals surface area (Å²) in [5.41, 5.74) is -1.04. The molecular formula is C14H26N2O3. The third kappa shape index (κ3) is 5.19. The van der Waals surface area contributed by atoms with E-state index < -0.39 is 11.5 Å². The second-order valence-corrected chi connectivity index (χ2v) is 5.71. The highest BCUT2D eigenvalue weighted by atomic mass is 16.4. The lowest BCUT2D eigenvalue weighted by Gasteiger charge is -2.29. The van der Waals surface area contributed by atoms with Gasteiger partial charge in [0.15, 0.2) is 0 Å². The van der Waals surface area contributed by atoms with Crippen molar-refractivity contribution in [1.29, 1.82) is 0 Å². The summed E-state index contributed by atoms with van der Waals surface area (Å²) < 4.78 is 0. The van der Waals surface area contributed by atoms with E-state index in [0.29, 0.717) is 31.8 Å². The van der Waals surface area contributed by atoms with Crippen LogP contribution >= 0.6 is 0 Å². The van der Waals surface area contributed by atoms with Gasteiger partial charge in [-0.1, -0.05) is 39.5 Å². The second-order valence-electron chi connectivity index (χ2n) is 5.71. The lowest BCUT2D eigenvalue weighted by atomic mass is 9.90. The van der Waals surface area contributed by atoms with Gasteiger partial charge < -0.3 is 15.7 Å². The molecule has 0 saturated heterocycles. The van der Waals surface area contributed by atoms with Crippen LogP contribution in [-0.2, 0) is 9.59 Å². The zero-order valence-electron chi connectivity index (χ0n) is 12.0. The molecule has 0 aromatic carbocycles. The van der Waals surface area contributed by atoms with Crippen molar-refractivity contribution in [2.45, 2.75) is 70.4 Å². The number of hydrogen-bond donors (Lipinski definition) is 3. The Morgan fingerprint density at radius 3 is 2.21 bits per heavy atom. The fraction of sp³-hybridized carbons (Fsp3) is 0.857. The zero-order valence-corrected chi connectivity index (χ0v) is 12.0. The lowest BCUT2D eigenvalue weighted by molar-refractivity contribution is -0.148. The van der Waals surface area contributed by atoms with Gasteiger partial charge in [-0.3, -0.25) is 4.79 Å². The summed E-state index contributed by atoms with van der Waals surface area (Å²) in [4.78, 5) is 23.4. The Hall–Kier alpha value is -1.10. The summed E-state index contributed by atoms with van der Waals surface area (Å²) in [5.74, 6) is -1.06. The molecule has 5 heteroatoms. The number of aliphatic carboxylic acids is 1. The molecule has 0 aromatic rings. The van der Waals surface area contributed by atoms with E-state index in [1.54, 1.807) is 0 Å². The van der Waals surface area contributed by atoms with Crippen molar-refractivity contribution in [1.82, 2.24) is 10.6 Å². The molecule has 0 bridgehead atoms. The highest BCUT2D eigenvalue weighted by molar-refractivity contribution is 5.87. The molecule has 19 heavy (non-hydrogen) atoms. The maximum absolute atomic E-state index is 11.9. The minimum Gasteiger partial charge on any atom is -0.480 e. The van der Waals surface area contributed by atoms with Crippen LogP contribution in [-0.4, -0.2) is 35.1 Å². The summed E-state index contributed by atoms with van der Waals surface area (Å²) in [6.45, 7) is 4.61. The number of carboxylic acids is 1. The van der Waals surface area contributed by atoms with Gasteiger partial charge in [-0.05, 0) is 12.8 Å². The molecule has 0 radical (unpaired) electrons. The van der Waals surface area contributed by atoms with Gasteiger partial charge in [0, 0.05) is 19.0 Å². The predicted octanol–water partition coefficient (Wildman–Crippen LogP) is 1.67. The number of nitrogens with one attached hydrogen (secondary N) is 2. The molecule has 0 aliphatic heterocycles. The van der Waals surface area contributed by atoms with Crippen LogP contribution in [0.4, 0.5) is 0 Å². The summed E-state index contributed by atoms with van der Waals surface area (Å²) in [6, 6.07) is 0.333. The molecular weight excluding hydrogens is 244 g/mol. The molecule has 1 aliphatic rings. The molecule has 0 atom stereocenters. The first-order chi connectivity index (χ1) is 8.96. The van der Waals surface area contributed by atoms with Gasteiger partial charge in [0.1, 0.15) is 5.54 Å². The molecule has 0 aromatic heterocycles. The first-order valence-electron chi connectivity index (χ1n) is 7.24. The van der Waals surface area contributed by atoms with Crippen LogP contribution in [0.25, 0.3) is 0 Å². The number of carbonyl (C=O) groups excluding carboxylic acids is 1. The third-order valence-corrected chi connectivity index (χ3v) is 3.65. The summed E-state index contributed by atoms with van der Waals surface area (Å²) in [6.07, 6.45) is 5.28. The van der Waals surface area contributed by atoms with Crippen LogP contribution < -0.4 is 10.6 Å². The molecule has 1 saturated carbocycles. The van der Waals surface area contributed by atoms with E-state index in [9.17, 15) is 14.7 Å². The average molecular weight is 270 g/mol. The molecule has 0 spiro atoms. The highest BCUT2D eigenvalue weighted by Gasteiger charge is 2.39. The summed E-state index contributed by atoms with van der Waals surface area (Å²) in [7, 11) is 0. The number of carbonyl (C=O) groups is 2. The minimum atomic E-state index is -1.04. The van der Waals surface area contributed by atoms with Gasteiger partial charge in [0.05, 0.1) is 0 Å². The van der Waals surface area contributed by atoms with E-state index in [4.69, 9.17) is 0 Å². The Labute approximate surface area is 115 Å². The maximum atomic E-state index is 11.9. The van der Waals surface area contributed by atoms with Gasteiger partial charge in [0.2, 0.25) is 5.91 Å². The summed E-state index contributed by atoms with van der Waals surface area (Å²) in [5, 5.41) is 15.4. The molecule has 3 N–H and O–H groups in total. The van der Waals surface area contributed by atoms with Gasteiger partial charge >= 0.3 is 5.97 Å². The van der Waals surface area contributed by atoms with Crippen molar-refractivity contribution < 1.29 is 14.7 Å². The highest BCUT2D eigenvalue weighted by Crippen LogP contribution is 2.27. The summed E-state index contributed by atoms with van der Waals surface area (Å²) >= 11 is 0. The average Bonchev–Trinajstić information content (AvgIpc) is 2.55. The van der Waals surface area contributed by atoms with E-state index >= 15 is 0 Å². The molecule has 1 fully saturated rings. The number of amides is 1. The largest absolute Gasteiger partial charge is 0.480 e. The van der Waals surface area contributed by atoms with Crippen LogP contribution in [0.5, 0.6) is 0 Å². The fourth-order valence-electron chi connectivity index (χ4n) is 2.53. The van der Waals surface area contributed by atoms with Gasteiger partial charge in [0.25, 0.3) is 0 Å². The zero-order chi connectivity index (χ0) is 14.3. The van der Waals surface area contributed by atoms with Crippen molar-refractivity contribution >= 4 is 11.9 Å². The van der Waals surface area contributed by atoms with E-state index in [1.165, 1.54) is 0 Å². The van der Waals surface area contributed by atoms with Crippen molar-refractivity contribution in [3.05, 3.63) is 0 Å². The maximum Gasteiger partial charge on any atom is 0.329 e. The monoisotopic (exact) mass is 270 g/mol. The lowest BCUT2D eigenvalue weighted by Crippen LogP contribution is -2.54. The molecule has 1 aliphatic carbocycles. The molecule has 0 heterocycles. The minimum absolute atomic E-state index is 0.169. The van der Waals surface area contributed by atoms with Gasteiger partial charge in [-0.15, -0.1) is 0 Å². The number of rotatable bonds is 6. The first-order valence-corrected chi connectivity index (χ1v) is 7.24. The topological polar surface area (TPSA) is 78.4 Å². The van der Waals surface area contributed by atoms with Crippen LogP contribution in [0.15, 0.2) is 0 Å². The Balaban J connectivity index is 2.52. The van der Waals surface area contributed by atoms with Crippen molar-refractivity contribution in [3.63, 3.8) is 0 Å². The quantitative estimate of drug-likeness (QED) is 0.642. The SMILES string of the molecule is CC(C)NCCC(=O)NC1(C(=O)O)CCCCCC1. The van der Waals surface area contributed by atoms with Crippen LogP contribution in [0.2, 0.25) is 0 Å². The Morgan fingerprint density at radius 1 is 1.16 bits per heavy atom. The predicted molar refractivity (Wildman–Crippen MR) is 74.0 cm³/mol. The van der Waals surface area contributed by atoms with Crippen LogP contribution in [0, 0.1) is 0 Å². The van der Waals surface area contributed by atoms with Crippen molar-refractivity contribution in [2.24, 2.45) is 0 Å². The fourth-order valence-corrected chi connectivity index (χ4v) is 2.53. The van der Waals surface area contributed by atoms with E-state index in [0.717, 1.165) is 25.7 Å². The Kier molecular flexibility index (Phi) is 6.28. The first kappa shape index (κ1) is 16.0. The van der Waals surface area contributed by atoms with E-state index in [-0.39, 0.29) is 5.91 Å². The molecule has 5 nitrogen and oxygen atoms in total.